The van der Waals surface area contributed by atoms with Crippen molar-refractivity contribution in [2.45, 2.75) is 0 Å². The van der Waals surface area contributed by atoms with Gasteiger partial charge in [0.1, 0.15) is 5.40 Å². The van der Waals surface area contributed by atoms with Crippen LogP contribution in [0, 0.1) is 10.7 Å². The summed E-state index contributed by atoms with van der Waals surface area (Å²) in [7, 11) is 0. The SMILES string of the molecule is N#CS.[Ta]. The minimum Gasteiger partial charge on any atom is -0.185 e. The molecule has 0 rings (SSSR count). The molecule has 1 radical (unpaired) electrons. The van der Waals surface area contributed by atoms with E-state index in [-0.39, 0.29) is 22.4 Å². The molecule has 0 atom stereocenters. The average Bonchev–Trinajstić information content (AvgIpc) is 0.918. The predicted octanol–water partition coefficient (Wildman–Crippen LogP) is 0.395. The molecule has 1 nitrogen and oxygen atoms in total. The molecule has 0 heterocycles. The zero-order valence-electron chi connectivity index (χ0n) is 1.84. The first-order valence-corrected chi connectivity index (χ1v) is 0.894. The van der Waals surface area contributed by atoms with Crippen LogP contribution >= 0.6 is 12.6 Å². The molecule has 0 fully saturated rings. The molecule has 0 amide bonds. The largest absolute Gasteiger partial charge is 0.185 e. The number of thiol groups is 1. The van der Waals surface area contributed by atoms with Gasteiger partial charge < -0.3 is 0 Å². The van der Waals surface area contributed by atoms with Crippen LogP contribution in [0.3, 0.4) is 0 Å². The van der Waals surface area contributed by atoms with Crippen LogP contribution < -0.4 is 0 Å². The summed E-state index contributed by atoms with van der Waals surface area (Å²) >= 11 is 3.09. The minimum absolute atomic E-state index is 0. The van der Waals surface area contributed by atoms with E-state index in [4.69, 9.17) is 5.26 Å². The van der Waals surface area contributed by atoms with Crippen molar-refractivity contribution in [3.8, 4) is 5.40 Å². The summed E-state index contributed by atoms with van der Waals surface area (Å²) in [6, 6.07) is 0. The number of nitrogens with zero attached hydrogens (tertiary/aromatic N) is 1. The summed E-state index contributed by atoms with van der Waals surface area (Å²) in [5.41, 5.74) is 0. The normalized spacial score (nSPS) is 2.00. The number of hydrogen-bond acceptors (Lipinski definition) is 2. The Balaban J connectivity index is 0. The van der Waals surface area contributed by atoms with Gasteiger partial charge in [-0.05, 0) is 0 Å². The standard InChI is InChI=1S/CHNS.Ta/c2-1-3;/h3H;. The molecule has 0 aliphatic carbocycles. The Labute approximate surface area is 45.9 Å². The fourth-order valence-electron chi connectivity index (χ4n) is 0. The van der Waals surface area contributed by atoms with E-state index in [0.29, 0.717) is 0 Å². The Morgan fingerprint density at radius 3 is 1.75 bits per heavy atom. The topological polar surface area (TPSA) is 23.8 Å². The molecule has 0 saturated heterocycles. The molecule has 0 unspecified atom stereocenters. The van der Waals surface area contributed by atoms with Crippen molar-refractivity contribution in [1.82, 2.24) is 0 Å². The average molecular weight is 240 g/mol. The van der Waals surface area contributed by atoms with Gasteiger partial charge in [0.05, 0.1) is 0 Å². The summed E-state index contributed by atoms with van der Waals surface area (Å²) in [6.07, 6.45) is 0. The van der Waals surface area contributed by atoms with E-state index in [1.54, 1.807) is 0 Å². The first-order valence-electron chi connectivity index (χ1n) is 0.447. The van der Waals surface area contributed by atoms with Crippen molar-refractivity contribution in [1.29, 1.82) is 5.26 Å². The van der Waals surface area contributed by atoms with Gasteiger partial charge >= 0.3 is 0 Å². The minimum atomic E-state index is 0. The van der Waals surface area contributed by atoms with Gasteiger partial charge in [-0.2, -0.15) is 5.26 Å². The van der Waals surface area contributed by atoms with Crippen molar-refractivity contribution in [3.05, 3.63) is 0 Å². The molecule has 0 spiro atoms. The molecule has 0 aliphatic heterocycles. The Bertz CT molecular complexity index is 29.5. The van der Waals surface area contributed by atoms with E-state index >= 15 is 0 Å². The predicted molar refractivity (Wildman–Crippen MR) is 14.6 cm³/mol. The summed E-state index contributed by atoms with van der Waals surface area (Å²) in [5.74, 6) is 0. The molecule has 4 heavy (non-hydrogen) atoms. The van der Waals surface area contributed by atoms with Gasteiger partial charge in [0.25, 0.3) is 0 Å². The maximum Gasteiger partial charge on any atom is 0.130 e. The van der Waals surface area contributed by atoms with Crippen LogP contribution in [0.15, 0.2) is 0 Å². The second-order valence-electron chi connectivity index (χ2n) is 0.100. The maximum absolute atomic E-state index is 7.18. The Hall–Kier alpha value is 0.580. The van der Waals surface area contributed by atoms with Crippen LogP contribution in [-0.4, -0.2) is 0 Å². The van der Waals surface area contributed by atoms with Crippen molar-refractivity contribution >= 4 is 12.6 Å². The Morgan fingerprint density at radius 1 is 1.75 bits per heavy atom. The van der Waals surface area contributed by atoms with Gasteiger partial charge in [-0.3, -0.25) is 0 Å². The fourth-order valence-corrected chi connectivity index (χ4v) is 0. The van der Waals surface area contributed by atoms with Gasteiger partial charge in [0.2, 0.25) is 0 Å². The summed E-state index contributed by atoms with van der Waals surface area (Å²) in [6.45, 7) is 0. The second kappa shape index (κ2) is 9.55. The molecule has 0 N–H and O–H groups in total. The van der Waals surface area contributed by atoms with E-state index in [1.165, 1.54) is 5.40 Å². The van der Waals surface area contributed by atoms with Crippen molar-refractivity contribution in [3.63, 3.8) is 0 Å². The Morgan fingerprint density at radius 2 is 1.75 bits per heavy atom. The smallest absolute Gasteiger partial charge is 0.130 e. The first-order chi connectivity index (χ1) is 1.41. The van der Waals surface area contributed by atoms with Crippen molar-refractivity contribution in [2.24, 2.45) is 0 Å². The van der Waals surface area contributed by atoms with E-state index in [0.717, 1.165) is 0 Å². The van der Waals surface area contributed by atoms with E-state index in [9.17, 15) is 0 Å². The van der Waals surface area contributed by atoms with Gasteiger partial charge in [-0.1, -0.05) is 12.6 Å². The number of thiocyanates is 1. The van der Waals surface area contributed by atoms with E-state index < -0.39 is 0 Å². The first kappa shape index (κ1) is 8.82. The zero-order chi connectivity index (χ0) is 2.71. The molecular formula is CHNSTa. The zero-order valence-corrected chi connectivity index (χ0v) is 5.95. The quantitative estimate of drug-likeness (QED) is 0.480. The third-order valence-corrected chi connectivity index (χ3v) is 0. The van der Waals surface area contributed by atoms with Crippen LogP contribution in [0.4, 0.5) is 0 Å². The number of hydrogen-bond donors (Lipinski definition) is 1. The summed E-state index contributed by atoms with van der Waals surface area (Å²) in [4.78, 5) is 0. The summed E-state index contributed by atoms with van der Waals surface area (Å²) < 4.78 is 0. The summed E-state index contributed by atoms with van der Waals surface area (Å²) in [5, 5.41) is 8.63. The van der Waals surface area contributed by atoms with Crippen LogP contribution in [0.5, 0.6) is 0 Å². The molecular weight excluding hydrogens is 239 g/mol. The van der Waals surface area contributed by atoms with Gasteiger partial charge in [0.15, 0.2) is 0 Å². The second-order valence-corrected chi connectivity index (χ2v) is 0.300. The van der Waals surface area contributed by atoms with Gasteiger partial charge in [-0.15, -0.1) is 0 Å². The van der Waals surface area contributed by atoms with Crippen molar-refractivity contribution < 1.29 is 22.4 Å². The van der Waals surface area contributed by atoms with Crippen LogP contribution in [0.1, 0.15) is 0 Å². The fraction of sp³-hybridized carbons (Fsp3) is 0. The molecule has 0 aromatic heterocycles. The van der Waals surface area contributed by atoms with Crippen molar-refractivity contribution in [2.75, 3.05) is 0 Å². The van der Waals surface area contributed by atoms with Crippen LogP contribution in [-0.2, 0) is 22.4 Å². The van der Waals surface area contributed by atoms with E-state index in [1.807, 2.05) is 0 Å². The third-order valence-electron chi connectivity index (χ3n) is 0. The number of rotatable bonds is 0. The van der Waals surface area contributed by atoms with E-state index in [2.05, 4.69) is 12.6 Å². The molecule has 3 heteroatoms. The monoisotopic (exact) mass is 240 g/mol. The molecule has 21 valence electrons. The molecule has 0 aromatic carbocycles. The van der Waals surface area contributed by atoms with Gasteiger partial charge in [-0.25, -0.2) is 0 Å². The Kier molecular flexibility index (Phi) is 21.0. The van der Waals surface area contributed by atoms with Crippen LogP contribution in [0.2, 0.25) is 0 Å². The van der Waals surface area contributed by atoms with Gasteiger partial charge in [0, 0.05) is 22.4 Å². The molecule has 0 aliphatic rings. The van der Waals surface area contributed by atoms with Crippen LogP contribution in [0.25, 0.3) is 0 Å². The number of nitriles is 1. The molecule has 0 saturated carbocycles. The molecule has 0 bridgehead atoms. The maximum atomic E-state index is 7.18. The molecule has 0 aromatic rings. The third kappa shape index (κ3) is 19.1.